The van der Waals surface area contributed by atoms with Crippen molar-refractivity contribution in [2.45, 2.75) is 10.3 Å². The number of alkyl halides is 1. The third-order valence-corrected chi connectivity index (χ3v) is 4.01. The summed E-state index contributed by atoms with van der Waals surface area (Å²) in [5.41, 5.74) is 1.97. The lowest BCUT2D eigenvalue weighted by Crippen LogP contribution is -2.14. The number of hydrogen-bond acceptors (Lipinski definition) is 6. The van der Waals surface area contributed by atoms with Gasteiger partial charge in [0, 0.05) is 16.8 Å². The fourth-order valence-corrected chi connectivity index (χ4v) is 2.74. The van der Waals surface area contributed by atoms with Gasteiger partial charge in [-0.05, 0) is 42.1 Å². The number of pyridine rings is 1. The third-order valence-electron chi connectivity index (χ3n) is 2.75. The number of thioether (sulfide) groups is 1. The quantitative estimate of drug-likeness (QED) is 0.431. The molecule has 3 aromatic rings. The fourth-order valence-electron chi connectivity index (χ4n) is 1.88. The molecule has 0 radical (unpaired) electrons. The Morgan fingerprint density at radius 2 is 2.14 bits per heavy atom. The van der Waals surface area contributed by atoms with E-state index >= 15 is 0 Å². The van der Waals surface area contributed by atoms with E-state index < -0.39 is 5.37 Å². The van der Waals surface area contributed by atoms with Gasteiger partial charge in [0.1, 0.15) is 5.52 Å². The normalized spacial score (nSPS) is 11.8. The van der Waals surface area contributed by atoms with E-state index in [1.54, 1.807) is 18.3 Å². The molecule has 0 aliphatic carbocycles. The number of aromatic amines is 1. The van der Waals surface area contributed by atoms with E-state index in [-0.39, 0.29) is 21.7 Å². The van der Waals surface area contributed by atoms with Crippen molar-refractivity contribution in [2.24, 2.45) is 0 Å². The summed E-state index contributed by atoms with van der Waals surface area (Å²) < 4.78 is 12.9. The number of fused-ring (bicyclic) bond motifs is 1. The number of H-pyrrole nitrogens is 1. The van der Waals surface area contributed by atoms with E-state index in [0.29, 0.717) is 17.0 Å². The topological polar surface area (TPSA) is 94.1 Å². The molecule has 2 aromatic heterocycles. The van der Waals surface area contributed by atoms with Gasteiger partial charge in [-0.25, -0.2) is 0 Å². The first-order valence-electron chi connectivity index (χ1n) is 6.11. The lowest BCUT2D eigenvalue weighted by Gasteiger charge is -2.13. The van der Waals surface area contributed by atoms with Crippen molar-refractivity contribution in [3.63, 3.8) is 0 Å². The number of benzene rings is 1. The molecule has 0 aliphatic rings. The standard InChI is InChI=1S/C13H10ClFN4O2S/c14-8-4-3-7(6-10(8)22-13(15,20)21)17-12-11-9(18-19-12)2-1-5-16-11/h1-6,20-21H,(H2,17,18,19). The highest BCUT2D eigenvalue weighted by Gasteiger charge is 2.24. The minimum Gasteiger partial charge on any atom is -0.337 e. The summed E-state index contributed by atoms with van der Waals surface area (Å²) >= 11 is 6.09. The van der Waals surface area contributed by atoms with Crippen LogP contribution in [0.3, 0.4) is 0 Å². The monoisotopic (exact) mass is 340 g/mol. The summed E-state index contributed by atoms with van der Waals surface area (Å²) in [6.07, 6.45) is 1.64. The first kappa shape index (κ1) is 15.0. The summed E-state index contributed by atoms with van der Waals surface area (Å²) in [6.45, 7) is 0. The predicted molar refractivity (Wildman–Crippen MR) is 82.8 cm³/mol. The van der Waals surface area contributed by atoms with Gasteiger partial charge < -0.3 is 15.5 Å². The zero-order chi connectivity index (χ0) is 15.7. The summed E-state index contributed by atoms with van der Waals surface area (Å²) in [4.78, 5) is 4.38. The van der Waals surface area contributed by atoms with Gasteiger partial charge in [-0.3, -0.25) is 10.1 Å². The second-order valence-electron chi connectivity index (χ2n) is 4.37. The van der Waals surface area contributed by atoms with Crippen LogP contribution in [-0.4, -0.2) is 30.8 Å². The largest absolute Gasteiger partial charge is 0.373 e. The third kappa shape index (κ3) is 3.30. The van der Waals surface area contributed by atoms with Crippen LogP contribution < -0.4 is 5.32 Å². The number of nitrogens with one attached hydrogen (secondary N) is 2. The van der Waals surface area contributed by atoms with E-state index in [1.807, 2.05) is 6.07 Å². The van der Waals surface area contributed by atoms with Gasteiger partial charge >= 0.3 is 5.37 Å². The Morgan fingerprint density at radius 1 is 1.32 bits per heavy atom. The van der Waals surface area contributed by atoms with Crippen molar-refractivity contribution in [1.82, 2.24) is 15.2 Å². The summed E-state index contributed by atoms with van der Waals surface area (Å²) in [7, 11) is 0. The van der Waals surface area contributed by atoms with Crippen molar-refractivity contribution >= 4 is 45.9 Å². The summed E-state index contributed by atoms with van der Waals surface area (Å²) in [6, 6.07) is 8.27. The molecule has 114 valence electrons. The molecule has 3 rings (SSSR count). The first-order valence-corrected chi connectivity index (χ1v) is 7.30. The number of aliphatic hydroxyl groups is 2. The molecule has 4 N–H and O–H groups in total. The number of rotatable bonds is 4. The molecular formula is C13H10ClFN4O2S. The molecule has 0 unspecified atom stereocenters. The maximum absolute atomic E-state index is 12.9. The van der Waals surface area contributed by atoms with Crippen LogP contribution in [0.4, 0.5) is 15.9 Å². The van der Waals surface area contributed by atoms with E-state index in [9.17, 15) is 4.39 Å². The Balaban J connectivity index is 1.91. The molecule has 0 spiro atoms. The van der Waals surface area contributed by atoms with Crippen molar-refractivity contribution in [3.05, 3.63) is 41.6 Å². The SMILES string of the molecule is OC(O)(F)Sc1cc(Nc2n[nH]c3cccnc23)ccc1Cl. The minimum atomic E-state index is -3.40. The van der Waals surface area contributed by atoms with E-state index in [1.165, 1.54) is 12.1 Å². The summed E-state index contributed by atoms with van der Waals surface area (Å²) in [5, 5.41) is 24.4. The van der Waals surface area contributed by atoms with E-state index in [2.05, 4.69) is 20.5 Å². The first-order chi connectivity index (χ1) is 10.4. The van der Waals surface area contributed by atoms with Gasteiger partial charge in [0.15, 0.2) is 5.82 Å². The molecule has 0 amide bonds. The van der Waals surface area contributed by atoms with Gasteiger partial charge in [-0.2, -0.15) is 9.49 Å². The van der Waals surface area contributed by atoms with Crippen molar-refractivity contribution < 1.29 is 14.6 Å². The molecule has 6 nitrogen and oxygen atoms in total. The lowest BCUT2D eigenvalue weighted by atomic mass is 10.3. The van der Waals surface area contributed by atoms with E-state index in [4.69, 9.17) is 21.8 Å². The minimum absolute atomic E-state index is 0.173. The van der Waals surface area contributed by atoms with Crippen LogP contribution in [0.1, 0.15) is 0 Å². The number of anilines is 2. The van der Waals surface area contributed by atoms with Crippen LogP contribution in [0.15, 0.2) is 41.4 Å². The Morgan fingerprint density at radius 3 is 2.91 bits per heavy atom. The second kappa shape index (κ2) is 5.73. The van der Waals surface area contributed by atoms with E-state index in [0.717, 1.165) is 5.52 Å². The highest BCUT2D eigenvalue weighted by atomic mass is 35.5. The number of nitrogens with zero attached hydrogens (tertiary/aromatic N) is 2. The Kier molecular flexibility index (Phi) is 3.92. The zero-order valence-electron chi connectivity index (χ0n) is 10.9. The molecule has 1 aromatic carbocycles. The predicted octanol–water partition coefficient (Wildman–Crippen LogP) is 3.01. The van der Waals surface area contributed by atoms with Crippen LogP contribution in [0.25, 0.3) is 11.0 Å². The maximum atomic E-state index is 12.9. The van der Waals surface area contributed by atoms with Crippen LogP contribution in [0.2, 0.25) is 5.02 Å². The van der Waals surface area contributed by atoms with Gasteiger partial charge in [0.2, 0.25) is 0 Å². The molecule has 0 saturated heterocycles. The van der Waals surface area contributed by atoms with Crippen molar-refractivity contribution in [3.8, 4) is 0 Å². The van der Waals surface area contributed by atoms with Crippen molar-refractivity contribution in [2.75, 3.05) is 5.32 Å². The van der Waals surface area contributed by atoms with Crippen LogP contribution in [0, 0.1) is 0 Å². The Hall–Kier alpha value is -1.87. The van der Waals surface area contributed by atoms with Gasteiger partial charge in [-0.15, -0.1) is 0 Å². The molecule has 0 atom stereocenters. The Labute approximate surface area is 133 Å². The van der Waals surface area contributed by atoms with Crippen LogP contribution >= 0.6 is 23.4 Å². The lowest BCUT2D eigenvalue weighted by molar-refractivity contribution is -0.177. The van der Waals surface area contributed by atoms with Crippen LogP contribution in [0.5, 0.6) is 0 Å². The van der Waals surface area contributed by atoms with Gasteiger partial charge in [-0.1, -0.05) is 11.6 Å². The second-order valence-corrected chi connectivity index (χ2v) is 5.94. The number of hydrogen-bond donors (Lipinski definition) is 4. The molecule has 2 heterocycles. The number of aromatic nitrogens is 3. The van der Waals surface area contributed by atoms with Gasteiger partial charge in [0.05, 0.1) is 10.5 Å². The average molecular weight is 341 g/mol. The highest BCUT2D eigenvalue weighted by molar-refractivity contribution is 8.00. The van der Waals surface area contributed by atoms with Gasteiger partial charge in [0.25, 0.3) is 0 Å². The molecule has 0 aliphatic heterocycles. The highest BCUT2D eigenvalue weighted by Crippen LogP contribution is 2.37. The summed E-state index contributed by atoms with van der Waals surface area (Å²) in [5.74, 6) is 0.494. The van der Waals surface area contributed by atoms with Crippen molar-refractivity contribution in [1.29, 1.82) is 0 Å². The maximum Gasteiger partial charge on any atom is 0.373 e. The molecule has 0 bridgehead atoms. The van der Waals surface area contributed by atoms with Crippen LogP contribution in [-0.2, 0) is 0 Å². The zero-order valence-corrected chi connectivity index (χ0v) is 12.5. The average Bonchev–Trinajstić information content (AvgIpc) is 2.85. The molecule has 0 saturated carbocycles. The molecule has 9 heteroatoms. The molecule has 0 fully saturated rings. The Bertz CT molecular complexity index is 821. The molecule has 22 heavy (non-hydrogen) atoms. The number of halogens is 2. The smallest absolute Gasteiger partial charge is 0.337 e. The molecular weight excluding hydrogens is 331 g/mol. The fraction of sp³-hybridized carbons (Fsp3) is 0.0769.